The Labute approximate surface area is 126 Å². The molecule has 0 aromatic heterocycles. The molecule has 0 amide bonds. The van der Waals surface area contributed by atoms with Gasteiger partial charge in [0.25, 0.3) is 0 Å². The largest absolute Gasteiger partial charge is 0.329 e. The van der Waals surface area contributed by atoms with Gasteiger partial charge in [-0.2, -0.15) is 0 Å². The van der Waals surface area contributed by atoms with Crippen molar-refractivity contribution in [3.8, 4) is 0 Å². The first-order chi connectivity index (χ1) is 9.67. The summed E-state index contributed by atoms with van der Waals surface area (Å²) in [6, 6.07) is 0.623. The van der Waals surface area contributed by atoms with Crippen LogP contribution >= 0.6 is 0 Å². The van der Waals surface area contributed by atoms with Crippen molar-refractivity contribution in [3.63, 3.8) is 0 Å². The van der Waals surface area contributed by atoms with E-state index in [0.717, 1.165) is 12.5 Å². The maximum atomic E-state index is 6.00. The van der Waals surface area contributed by atoms with E-state index in [1.807, 2.05) is 0 Å². The Morgan fingerprint density at radius 1 is 0.950 bits per heavy atom. The van der Waals surface area contributed by atoms with Crippen LogP contribution in [0.3, 0.4) is 0 Å². The van der Waals surface area contributed by atoms with Crippen molar-refractivity contribution in [1.29, 1.82) is 0 Å². The molecule has 1 atom stereocenters. The van der Waals surface area contributed by atoms with E-state index in [1.165, 1.54) is 71.2 Å². The summed E-state index contributed by atoms with van der Waals surface area (Å²) in [6.07, 6.45) is 8.16. The lowest BCUT2D eigenvalue weighted by Crippen LogP contribution is -2.52. The fourth-order valence-electron chi connectivity index (χ4n) is 3.26. The first-order valence-electron chi connectivity index (χ1n) is 8.83. The SMILES string of the molecule is CCCCCCCC(CN)N1CCN(CC(C)C)CC1. The van der Waals surface area contributed by atoms with Crippen LogP contribution in [0.5, 0.6) is 0 Å². The van der Waals surface area contributed by atoms with Crippen LogP contribution in [-0.2, 0) is 0 Å². The van der Waals surface area contributed by atoms with Crippen molar-refractivity contribution in [3.05, 3.63) is 0 Å². The fourth-order valence-corrected chi connectivity index (χ4v) is 3.26. The summed E-state index contributed by atoms with van der Waals surface area (Å²) in [5.74, 6) is 0.783. The molecule has 1 saturated heterocycles. The highest BCUT2D eigenvalue weighted by Gasteiger charge is 2.22. The normalized spacial score (nSPS) is 19.6. The smallest absolute Gasteiger partial charge is 0.0219 e. The van der Waals surface area contributed by atoms with Crippen molar-refractivity contribution >= 4 is 0 Å². The lowest BCUT2D eigenvalue weighted by molar-refractivity contribution is 0.0870. The molecule has 120 valence electrons. The van der Waals surface area contributed by atoms with E-state index in [-0.39, 0.29) is 0 Å². The van der Waals surface area contributed by atoms with Crippen LogP contribution in [0.4, 0.5) is 0 Å². The van der Waals surface area contributed by atoms with Gasteiger partial charge in [-0.1, -0.05) is 52.9 Å². The van der Waals surface area contributed by atoms with Crippen LogP contribution in [0.15, 0.2) is 0 Å². The quantitative estimate of drug-likeness (QED) is 0.626. The molecule has 2 N–H and O–H groups in total. The molecule has 20 heavy (non-hydrogen) atoms. The van der Waals surface area contributed by atoms with Crippen LogP contribution in [0.1, 0.15) is 59.3 Å². The maximum absolute atomic E-state index is 6.00. The predicted octanol–water partition coefficient (Wildman–Crippen LogP) is 2.95. The Kier molecular flexibility index (Phi) is 9.49. The van der Waals surface area contributed by atoms with Gasteiger partial charge in [-0.3, -0.25) is 4.90 Å². The Morgan fingerprint density at radius 3 is 2.15 bits per heavy atom. The molecule has 1 heterocycles. The Bertz CT molecular complexity index is 222. The third-order valence-corrected chi connectivity index (χ3v) is 4.46. The lowest BCUT2D eigenvalue weighted by atomic mass is 10.0. The number of hydrogen-bond donors (Lipinski definition) is 1. The molecule has 3 nitrogen and oxygen atoms in total. The van der Waals surface area contributed by atoms with E-state index in [4.69, 9.17) is 5.73 Å². The zero-order valence-electron chi connectivity index (χ0n) is 14.1. The van der Waals surface area contributed by atoms with E-state index in [1.54, 1.807) is 0 Å². The van der Waals surface area contributed by atoms with Crippen LogP contribution in [0, 0.1) is 5.92 Å². The average molecular weight is 284 g/mol. The summed E-state index contributed by atoms with van der Waals surface area (Å²) in [5, 5.41) is 0. The van der Waals surface area contributed by atoms with Gasteiger partial charge in [-0.15, -0.1) is 0 Å². The van der Waals surface area contributed by atoms with Crippen molar-refractivity contribution in [2.45, 2.75) is 65.3 Å². The minimum absolute atomic E-state index is 0.623. The second-order valence-electron chi connectivity index (χ2n) is 6.82. The van der Waals surface area contributed by atoms with Gasteiger partial charge in [0.15, 0.2) is 0 Å². The van der Waals surface area contributed by atoms with E-state index in [2.05, 4.69) is 30.6 Å². The van der Waals surface area contributed by atoms with Gasteiger partial charge < -0.3 is 10.6 Å². The molecule has 1 aliphatic heterocycles. The molecule has 1 aliphatic rings. The first-order valence-corrected chi connectivity index (χ1v) is 8.83. The minimum Gasteiger partial charge on any atom is -0.329 e. The van der Waals surface area contributed by atoms with Crippen LogP contribution in [0.25, 0.3) is 0 Å². The topological polar surface area (TPSA) is 32.5 Å². The summed E-state index contributed by atoms with van der Waals surface area (Å²) < 4.78 is 0. The number of hydrogen-bond acceptors (Lipinski definition) is 3. The highest BCUT2D eigenvalue weighted by atomic mass is 15.3. The van der Waals surface area contributed by atoms with E-state index in [0.29, 0.717) is 6.04 Å². The molecule has 0 saturated carbocycles. The Hall–Kier alpha value is -0.120. The molecule has 3 heteroatoms. The molecule has 1 rings (SSSR count). The van der Waals surface area contributed by atoms with Crippen LogP contribution < -0.4 is 5.73 Å². The Morgan fingerprint density at radius 2 is 1.60 bits per heavy atom. The van der Waals surface area contributed by atoms with Gasteiger partial charge in [-0.05, 0) is 12.3 Å². The second kappa shape index (κ2) is 10.6. The third-order valence-electron chi connectivity index (χ3n) is 4.46. The number of rotatable bonds is 10. The van der Waals surface area contributed by atoms with Crippen LogP contribution in [0.2, 0.25) is 0 Å². The van der Waals surface area contributed by atoms with Gasteiger partial charge in [0.2, 0.25) is 0 Å². The van der Waals surface area contributed by atoms with E-state index < -0.39 is 0 Å². The average Bonchev–Trinajstić information content (AvgIpc) is 2.43. The van der Waals surface area contributed by atoms with Gasteiger partial charge in [-0.25, -0.2) is 0 Å². The lowest BCUT2D eigenvalue weighted by Gasteiger charge is -2.39. The molecule has 0 spiro atoms. The summed E-state index contributed by atoms with van der Waals surface area (Å²) in [6.45, 7) is 13.9. The van der Waals surface area contributed by atoms with Crippen molar-refractivity contribution in [1.82, 2.24) is 9.80 Å². The van der Waals surface area contributed by atoms with Crippen molar-refractivity contribution < 1.29 is 0 Å². The van der Waals surface area contributed by atoms with Gasteiger partial charge >= 0.3 is 0 Å². The molecule has 1 fully saturated rings. The molecule has 0 aliphatic carbocycles. The molecule has 0 aromatic rings. The predicted molar refractivity (Wildman–Crippen MR) is 89.1 cm³/mol. The second-order valence-corrected chi connectivity index (χ2v) is 6.82. The number of unbranched alkanes of at least 4 members (excludes halogenated alkanes) is 4. The Balaban J connectivity index is 2.19. The van der Waals surface area contributed by atoms with Crippen LogP contribution in [-0.4, -0.2) is 55.1 Å². The highest BCUT2D eigenvalue weighted by molar-refractivity contribution is 4.79. The third kappa shape index (κ3) is 7.05. The summed E-state index contributed by atoms with van der Waals surface area (Å²) in [5.41, 5.74) is 6.00. The number of piperazine rings is 1. The summed E-state index contributed by atoms with van der Waals surface area (Å²) >= 11 is 0. The molecule has 0 aromatic carbocycles. The van der Waals surface area contributed by atoms with E-state index >= 15 is 0 Å². The zero-order valence-corrected chi connectivity index (χ0v) is 14.1. The monoisotopic (exact) mass is 283 g/mol. The standard InChI is InChI=1S/C17H37N3/c1-4-5-6-7-8-9-17(14-18)20-12-10-19(11-13-20)15-16(2)3/h16-17H,4-15,18H2,1-3H3. The highest BCUT2D eigenvalue weighted by Crippen LogP contribution is 2.14. The van der Waals surface area contributed by atoms with Gasteiger partial charge in [0, 0.05) is 45.3 Å². The van der Waals surface area contributed by atoms with E-state index in [9.17, 15) is 0 Å². The molecule has 0 bridgehead atoms. The maximum Gasteiger partial charge on any atom is 0.0219 e. The molecular formula is C17H37N3. The van der Waals surface area contributed by atoms with Crippen molar-refractivity contribution in [2.75, 3.05) is 39.3 Å². The molecular weight excluding hydrogens is 246 g/mol. The van der Waals surface area contributed by atoms with Gasteiger partial charge in [0.05, 0.1) is 0 Å². The minimum atomic E-state index is 0.623. The first kappa shape index (κ1) is 17.9. The fraction of sp³-hybridized carbons (Fsp3) is 1.00. The number of nitrogens with zero attached hydrogens (tertiary/aromatic N) is 2. The summed E-state index contributed by atoms with van der Waals surface area (Å²) in [7, 11) is 0. The number of nitrogens with two attached hydrogens (primary N) is 1. The zero-order chi connectivity index (χ0) is 14.8. The van der Waals surface area contributed by atoms with Crippen molar-refractivity contribution in [2.24, 2.45) is 11.7 Å². The molecule has 0 radical (unpaired) electrons. The van der Waals surface area contributed by atoms with Gasteiger partial charge in [0.1, 0.15) is 0 Å². The summed E-state index contributed by atoms with van der Waals surface area (Å²) in [4.78, 5) is 5.24. The molecule has 1 unspecified atom stereocenters.